The fourth-order valence-corrected chi connectivity index (χ4v) is 5.05. The molecule has 5 rings (SSSR count). The highest BCUT2D eigenvalue weighted by Crippen LogP contribution is 2.49. The van der Waals surface area contributed by atoms with Gasteiger partial charge in [-0.15, -0.1) is 0 Å². The Morgan fingerprint density at radius 3 is 2.59 bits per heavy atom. The van der Waals surface area contributed by atoms with Crippen molar-refractivity contribution in [3.05, 3.63) is 53.3 Å². The lowest BCUT2D eigenvalue weighted by molar-refractivity contribution is 0.301. The lowest BCUT2D eigenvalue weighted by Gasteiger charge is -2.34. The van der Waals surface area contributed by atoms with Crippen LogP contribution in [0.25, 0.3) is 10.9 Å². The molecular formula is C27H33FN4O2. The summed E-state index contributed by atoms with van der Waals surface area (Å²) in [5.74, 6) is 2.51. The number of methoxy groups -OCH3 is 1. The van der Waals surface area contributed by atoms with E-state index >= 15 is 4.39 Å². The molecule has 1 aromatic heterocycles. The SMILES string of the molecule is COc1ccccc1C1CCN(c2nc(C3(F)CC3)nc3c(C)cc(N(C)CCO)cc23)CC1. The van der Waals surface area contributed by atoms with Gasteiger partial charge in [-0.05, 0) is 67.9 Å². The molecule has 0 spiro atoms. The molecule has 2 aliphatic rings. The smallest absolute Gasteiger partial charge is 0.170 e. The quantitative estimate of drug-likeness (QED) is 0.546. The zero-order valence-electron chi connectivity index (χ0n) is 20.2. The second kappa shape index (κ2) is 9.02. The van der Waals surface area contributed by atoms with Crippen LogP contribution in [-0.2, 0) is 5.67 Å². The van der Waals surface area contributed by atoms with Gasteiger partial charge in [-0.3, -0.25) is 0 Å². The Morgan fingerprint density at radius 1 is 1.18 bits per heavy atom. The van der Waals surface area contributed by atoms with E-state index in [4.69, 9.17) is 14.7 Å². The van der Waals surface area contributed by atoms with Gasteiger partial charge in [0.05, 0.1) is 19.2 Å². The maximum atomic E-state index is 15.1. The number of benzene rings is 2. The third-order valence-corrected chi connectivity index (χ3v) is 7.29. The van der Waals surface area contributed by atoms with E-state index in [0.717, 1.165) is 59.7 Å². The van der Waals surface area contributed by atoms with Crippen LogP contribution in [0.2, 0.25) is 0 Å². The van der Waals surface area contributed by atoms with Crippen molar-refractivity contribution in [2.75, 3.05) is 50.2 Å². The number of halogens is 1. The number of alkyl halides is 1. The van der Waals surface area contributed by atoms with Crippen molar-refractivity contribution in [2.24, 2.45) is 0 Å². The van der Waals surface area contributed by atoms with Gasteiger partial charge in [0.25, 0.3) is 0 Å². The highest BCUT2D eigenvalue weighted by Gasteiger charge is 2.48. The molecule has 1 aliphatic carbocycles. The van der Waals surface area contributed by atoms with E-state index in [-0.39, 0.29) is 6.61 Å². The summed E-state index contributed by atoms with van der Waals surface area (Å²) >= 11 is 0. The lowest BCUT2D eigenvalue weighted by atomic mass is 9.88. The minimum Gasteiger partial charge on any atom is -0.496 e. The standard InChI is InChI=1S/C27H33FN4O2/c1-18-16-20(31(2)14-15-33)17-22-24(18)29-26(27(28)10-11-27)30-25(22)32-12-8-19(9-13-32)21-6-4-5-7-23(21)34-3/h4-7,16-17,19,33H,8-15H2,1-3H3. The van der Waals surface area contributed by atoms with E-state index in [0.29, 0.717) is 31.1 Å². The van der Waals surface area contributed by atoms with Gasteiger partial charge in [0.2, 0.25) is 0 Å². The minimum absolute atomic E-state index is 0.0801. The maximum absolute atomic E-state index is 15.1. The van der Waals surface area contributed by atoms with Gasteiger partial charge in [-0.2, -0.15) is 0 Å². The van der Waals surface area contributed by atoms with E-state index in [1.54, 1.807) is 7.11 Å². The first-order valence-corrected chi connectivity index (χ1v) is 12.1. The van der Waals surface area contributed by atoms with E-state index in [1.165, 1.54) is 5.56 Å². The Balaban J connectivity index is 1.51. The molecule has 0 bridgehead atoms. The number of fused-ring (bicyclic) bond motifs is 1. The summed E-state index contributed by atoms with van der Waals surface area (Å²) in [6, 6.07) is 12.4. The number of nitrogens with zero attached hydrogens (tertiary/aromatic N) is 4. The molecule has 2 heterocycles. The monoisotopic (exact) mass is 464 g/mol. The second-order valence-corrected chi connectivity index (χ2v) is 9.64. The number of rotatable bonds is 7. The number of ether oxygens (including phenoxy) is 1. The summed E-state index contributed by atoms with van der Waals surface area (Å²) in [6.45, 7) is 4.31. The van der Waals surface area contributed by atoms with Gasteiger partial charge >= 0.3 is 0 Å². The number of para-hydroxylation sites is 1. The zero-order chi connectivity index (χ0) is 23.9. The Bertz CT molecular complexity index is 1190. The molecule has 1 saturated carbocycles. The fourth-order valence-electron chi connectivity index (χ4n) is 5.05. The fraction of sp³-hybridized carbons (Fsp3) is 0.481. The summed E-state index contributed by atoms with van der Waals surface area (Å²) in [5.41, 5.74) is 2.67. The molecule has 2 fully saturated rings. The average molecular weight is 465 g/mol. The molecular weight excluding hydrogens is 431 g/mol. The molecule has 6 nitrogen and oxygen atoms in total. The normalized spacial score (nSPS) is 17.7. The zero-order valence-corrected chi connectivity index (χ0v) is 20.2. The van der Waals surface area contributed by atoms with Crippen molar-refractivity contribution >= 4 is 22.4 Å². The van der Waals surface area contributed by atoms with Crippen LogP contribution >= 0.6 is 0 Å². The summed E-state index contributed by atoms with van der Waals surface area (Å²) in [7, 11) is 3.69. The molecule has 0 amide bonds. The number of hydrogen-bond donors (Lipinski definition) is 1. The second-order valence-electron chi connectivity index (χ2n) is 9.64. The largest absolute Gasteiger partial charge is 0.496 e. The first-order valence-electron chi connectivity index (χ1n) is 12.1. The molecule has 3 aromatic rings. The van der Waals surface area contributed by atoms with Crippen LogP contribution in [0, 0.1) is 6.92 Å². The van der Waals surface area contributed by atoms with Crippen LogP contribution < -0.4 is 14.5 Å². The molecule has 2 aromatic carbocycles. The number of aryl methyl sites for hydroxylation is 1. The summed E-state index contributed by atoms with van der Waals surface area (Å²) < 4.78 is 20.7. The van der Waals surface area contributed by atoms with E-state index in [1.807, 2.05) is 31.0 Å². The van der Waals surface area contributed by atoms with E-state index in [9.17, 15) is 5.11 Å². The van der Waals surface area contributed by atoms with Crippen LogP contribution in [0.1, 0.15) is 48.6 Å². The van der Waals surface area contributed by atoms with Gasteiger partial charge in [-0.25, -0.2) is 14.4 Å². The highest BCUT2D eigenvalue weighted by molar-refractivity contribution is 5.94. The summed E-state index contributed by atoms with van der Waals surface area (Å²) in [5, 5.41) is 10.4. The molecule has 0 radical (unpaired) electrons. The van der Waals surface area contributed by atoms with Crippen molar-refractivity contribution < 1.29 is 14.2 Å². The van der Waals surface area contributed by atoms with Crippen LogP contribution in [0.15, 0.2) is 36.4 Å². The van der Waals surface area contributed by atoms with Crippen molar-refractivity contribution in [3.63, 3.8) is 0 Å². The van der Waals surface area contributed by atoms with E-state index in [2.05, 4.69) is 29.2 Å². The Morgan fingerprint density at radius 2 is 1.91 bits per heavy atom. The minimum atomic E-state index is -1.39. The lowest BCUT2D eigenvalue weighted by Crippen LogP contribution is -2.34. The van der Waals surface area contributed by atoms with Crippen molar-refractivity contribution in [1.82, 2.24) is 9.97 Å². The van der Waals surface area contributed by atoms with Gasteiger partial charge in [-0.1, -0.05) is 18.2 Å². The number of anilines is 2. The Kier molecular flexibility index (Phi) is 6.06. The predicted molar refractivity (Wildman–Crippen MR) is 134 cm³/mol. The molecule has 180 valence electrons. The molecule has 0 atom stereocenters. The molecule has 34 heavy (non-hydrogen) atoms. The Hall–Kier alpha value is -2.93. The first kappa shape index (κ1) is 22.8. The summed E-state index contributed by atoms with van der Waals surface area (Å²) in [6.07, 6.45) is 2.94. The number of aliphatic hydroxyl groups is 1. The van der Waals surface area contributed by atoms with Gasteiger partial charge < -0.3 is 19.6 Å². The Labute approximate surface area is 200 Å². The van der Waals surface area contributed by atoms with Crippen molar-refractivity contribution in [3.8, 4) is 5.75 Å². The molecule has 0 unspecified atom stereocenters. The number of aliphatic hydroxyl groups excluding tert-OH is 1. The molecule has 1 aliphatic heterocycles. The third kappa shape index (κ3) is 4.17. The predicted octanol–water partition coefficient (Wildman–Crippen LogP) is 4.72. The number of likely N-dealkylation sites (N-methyl/N-ethyl adjacent to an activating group) is 1. The molecule has 1 saturated heterocycles. The third-order valence-electron chi connectivity index (χ3n) is 7.29. The van der Waals surface area contributed by atoms with Gasteiger partial charge in [0.1, 0.15) is 11.6 Å². The van der Waals surface area contributed by atoms with E-state index < -0.39 is 5.67 Å². The number of hydrogen-bond acceptors (Lipinski definition) is 6. The topological polar surface area (TPSA) is 61.7 Å². The number of piperidine rings is 1. The molecule has 1 N–H and O–H groups in total. The summed E-state index contributed by atoms with van der Waals surface area (Å²) in [4.78, 5) is 13.8. The number of aromatic nitrogens is 2. The van der Waals surface area contributed by atoms with Crippen LogP contribution in [0.4, 0.5) is 15.9 Å². The first-order chi connectivity index (χ1) is 16.4. The van der Waals surface area contributed by atoms with Gasteiger partial charge in [0, 0.05) is 37.8 Å². The van der Waals surface area contributed by atoms with Crippen LogP contribution in [-0.4, -0.2) is 55.5 Å². The highest BCUT2D eigenvalue weighted by atomic mass is 19.1. The maximum Gasteiger partial charge on any atom is 0.170 e. The van der Waals surface area contributed by atoms with Gasteiger partial charge in [0.15, 0.2) is 11.5 Å². The van der Waals surface area contributed by atoms with Crippen LogP contribution in [0.3, 0.4) is 0 Å². The molecule has 7 heteroatoms. The average Bonchev–Trinajstić information content (AvgIpc) is 3.62. The van der Waals surface area contributed by atoms with Crippen molar-refractivity contribution in [2.45, 2.75) is 44.2 Å². The van der Waals surface area contributed by atoms with Crippen molar-refractivity contribution in [1.29, 1.82) is 0 Å². The van der Waals surface area contributed by atoms with Crippen LogP contribution in [0.5, 0.6) is 5.75 Å².